The van der Waals surface area contributed by atoms with Gasteiger partial charge in [-0.15, -0.1) is 0 Å². The van der Waals surface area contributed by atoms with Gasteiger partial charge in [-0.2, -0.15) is 9.40 Å². The lowest BCUT2D eigenvalue weighted by Crippen LogP contribution is -2.29. The zero-order valence-corrected chi connectivity index (χ0v) is 15.6. The van der Waals surface area contributed by atoms with Crippen LogP contribution in [0.25, 0.3) is 0 Å². The molecule has 9 heteroatoms. The van der Waals surface area contributed by atoms with Gasteiger partial charge in [-0.25, -0.2) is 8.42 Å². The number of carbonyl (C=O) groups excluding carboxylic acids is 1. The highest BCUT2D eigenvalue weighted by atomic mass is 32.2. The van der Waals surface area contributed by atoms with Crippen LogP contribution in [0.5, 0.6) is 5.75 Å². The molecule has 1 aromatic carbocycles. The number of rotatable bonds is 5. The third-order valence-corrected chi connectivity index (χ3v) is 5.51. The van der Waals surface area contributed by atoms with Crippen molar-refractivity contribution in [3.63, 3.8) is 0 Å². The number of hydrogen-bond acceptors (Lipinski definition) is 5. The van der Waals surface area contributed by atoms with E-state index in [-0.39, 0.29) is 12.5 Å². The van der Waals surface area contributed by atoms with Crippen molar-refractivity contribution < 1.29 is 17.9 Å². The monoisotopic (exact) mass is 378 g/mol. The first kappa shape index (κ1) is 18.4. The quantitative estimate of drug-likeness (QED) is 0.837. The topological polar surface area (TPSA) is 93.5 Å². The highest BCUT2D eigenvalue weighted by molar-refractivity contribution is 7.88. The second-order valence-electron chi connectivity index (χ2n) is 6.21. The van der Waals surface area contributed by atoms with Gasteiger partial charge in [-0.1, -0.05) is 6.07 Å². The first-order chi connectivity index (χ1) is 12.4. The van der Waals surface area contributed by atoms with E-state index < -0.39 is 10.0 Å². The average molecular weight is 378 g/mol. The summed E-state index contributed by atoms with van der Waals surface area (Å²) in [5.74, 6) is 0.400. The van der Waals surface area contributed by atoms with Gasteiger partial charge in [0.2, 0.25) is 10.0 Å². The first-order valence-electron chi connectivity index (χ1n) is 8.30. The van der Waals surface area contributed by atoms with E-state index in [1.165, 1.54) is 10.6 Å². The van der Waals surface area contributed by atoms with E-state index in [0.717, 1.165) is 5.69 Å². The number of aromatic nitrogens is 2. The summed E-state index contributed by atoms with van der Waals surface area (Å²) in [6, 6.07) is 8.75. The molecule has 0 atom stereocenters. The molecule has 0 bridgehead atoms. The Morgan fingerprint density at radius 1 is 1.31 bits per heavy atom. The summed E-state index contributed by atoms with van der Waals surface area (Å²) in [7, 11) is -1.69. The van der Waals surface area contributed by atoms with Crippen molar-refractivity contribution in [2.75, 3.05) is 19.9 Å². The number of ether oxygens (including phenoxy) is 1. The van der Waals surface area contributed by atoms with Gasteiger partial charge >= 0.3 is 0 Å². The fourth-order valence-corrected chi connectivity index (χ4v) is 3.73. The number of nitrogens with zero attached hydrogens (tertiary/aromatic N) is 3. The Labute approximate surface area is 152 Å². The number of nitrogens with one attached hydrogen (secondary N) is 1. The molecule has 1 aromatic heterocycles. The molecule has 2 aromatic rings. The maximum Gasteiger partial charge on any atom is 0.251 e. The van der Waals surface area contributed by atoms with Crippen LogP contribution < -0.4 is 10.1 Å². The van der Waals surface area contributed by atoms with Crippen molar-refractivity contribution in [1.82, 2.24) is 19.4 Å². The largest absolute Gasteiger partial charge is 0.497 e. The van der Waals surface area contributed by atoms with Gasteiger partial charge in [0.15, 0.2) is 0 Å². The molecule has 8 nitrogen and oxygen atoms in total. The van der Waals surface area contributed by atoms with Crippen LogP contribution >= 0.6 is 0 Å². The van der Waals surface area contributed by atoms with Crippen molar-refractivity contribution in [1.29, 1.82) is 0 Å². The number of carbonyl (C=O) groups is 1. The number of aryl methyl sites for hydroxylation is 1. The molecule has 3 rings (SSSR count). The Morgan fingerprint density at radius 3 is 2.85 bits per heavy atom. The molecule has 140 valence electrons. The Kier molecular flexibility index (Phi) is 5.28. The lowest BCUT2D eigenvalue weighted by atomic mass is 10.2. The summed E-state index contributed by atoms with van der Waals surface area (Å²) < 4.78 is 32.0. The van der Waals surface area contributed by atoms with E-state index in [4.69, 9.17) is 4.74 Å². The molecular weight excluding hydrogens is 356 g/mol. The molecule has 0 aliphatic carbocycles. The van der Waals surface area contributed by atoms with Gasteiger partial charge in [-0.3, -0.25) is 9.48 Å². The number of benzene rings is 1. The van der Waals surface area contributed by atoms with Crippen LogP contribution in [0.15, 0.2) is 30.3 Å². The average Bonchev–Trinajstić information content (AvgIpc) is 2.88. The number of hydrogen-bond donors (Lipinski definition) is 1. The van der Waals surface area contributed by atoms with E-state index in [1.54, 1.807) is 31.4 Å². The maximum absolute atomic E-state index is 12.3. The summed E-state index contributed by atoms with van der Waals surface area (Å²) in [4.78, 5) is 12.3. The molecule has 1 N–H and O–H groups in total. The smallest absolute Gasteiger partial charge is 0.251 e. The molecule has 1 aliphatic rings. The van der Waals surface area contributed by atoms with Gasteiger partial charge in [-0.05, 0) is 30.7 Å². The van der Waals surface area contributed by atoms with Crippen molar-refractivity contribution >= 4 is 15.9 Å². The molecule has 1 amide bonds. The lowest BCUT2D eigenvalue weighted by molar-refractivity contribution is 0.0950. The number of sulfonamides is 1. The second-order valence-corrected chi connectivity index (χ2v) is 8.20. The van der Waals surface area contributed by atoms with Gasteiger partial charge < -0.3 is 10.1 Å². The third-order valence-electron chi connectivity index (χ3n) is 4.26. The van der Waals surface area contributed by atoms with Crippen molar-refractivity contribution in [2.24, 2.45) is 0 Å². The molecule has 1 aliphatic heterocycles. The van der Waals surface area contributed by atoms with Crippen LogP contribution in [0.1, 0.15) is 28.2 Å². The summed E-state index contributed by atoms with van der Waals surface area (Å²) in [5, 5.41) is 7.31. The second kappa shape index (κ2) is 7.46. The maximum atomic E-state index is 12.3. The van der Waals surface area contributed by atoms with E-state index in [2.05, 4.69) is 10.4 Å². The minimum Gasteiger partial charge on any atom is -0.497 e. The normalized spacial score (nSPS) is 15.2. The highest BCUT2D eigenvalue weighted by Gasteiger charge is 2.22. The Balaban J connectivity index is 1.67. The fraction of sp³-hybridized carbons (Fsp3) is 0.412. The van der Waals surface area contributed by atoms with Gasteiger partial charge in [0.25, 0.3) is 5.91 Å². The molecular formula is C17H22N4O4S. The van der Waals surface area contributed by atoms with Crippen LogP contribution in [0.4, 0.5) is 0 Å². The fourth-order valence-electron chi connectivity index (χ4n) is 2.90. The Morgan fingerprint density at radius 2 is 2.12 bits per heavy atom. The molecule has 0 saturated carbocycles. The van der Waals surface area contributed by atoms with Crippen LogP contribution in [-0.2, 0) is 29.7 Å². The minimum atomic E-state index is -3.24. The number of methoxy groups -OCH3 is 1. The van der Waals surface area contributed by atoms with E-state index >= 15 is 0 Å². The molecule has 0 radical (unpaired) electrons. The molecule has 0 fully saturated rings. The van der Waals surface area contributed by atoms with Crippen molar-refractivity contribution in [2.45, 2.75) is 26.1 Å². The minimum absolute atomic E-state index is 0.218. The Bertz CT molecular complexity index is 907. The molecule has 0 saturated heterocycles. The van der Waals surface area contributed by atoms with Crippen molar-refractivity contribution in [3.8, 4) is 5.75 Å². The standard InChI is InChI=1S/C17H22N4O4S/c1-25-16-6-3-5-13(9-16)17(22)18-11-14-10-15-12-20(26(2,23)24)7-4-8-21(15)19-14/h3,5-6,9-10H,4,7-8,11-12H2,1-2H3,(H,18,22). The summed E-state index contributed by atoms with van der Waals surface area (Å²) >= 11 is 0. The van der Waals surface area contributed by atoms with Crippen LogP contribution in [-0.4, -0.2) is 48.3 Å². The Hall–Kier alpha value is -2.39. The molecule has 2 heterocycles. The molecule has 26 heavy (non-hydrogen) atoms. The molecule has 0 unspecified atom stereocenters. The third kappa shape index (κ3) is 4.23. The molecule has 0 spiro atoms. The first-order valence-corrected chi connectivity index (χ1v) is 10.1. The predicted octanol–water partition coefficient (Wildman–Crippen LogP) is 0.987. The highest BCUT2D eigenvalue weighted by Crippen LogP contribution is 2.16. The summed E-state index contributed by atoms with van der Waals surface area (Å²) in [5.41, 5.74) is 2.04. The van der Waals surface area contributed by atoms with Gasteiger partial charge in [0, 0.05) is 18.7 Å². The number of fused-ring (bicyclic) bond motifs is 1. The summed E-state index contributed by atoms with van der Waals surface area (Å²) in [6.07, 6.45) is 1.92. The predicted molar refractivity (Wildman–Crippen MR) is 96.3 cm³/mol. The van der Waals surface area contributed by atoms with Crippen LogP contribution in [0, 0.1) is 0 Å². The van der Waals surface area contributed by atoms with Gasteiger partial charge in [0.05, 0.1) is 37.8 Å². The van der Waals surface area contributed by atoms with E-state index in [0.29, 0.717) is 43.1 Å². The van der Waals surface area contributed by atoms with Gasteiger partial charge in [0.1, 0.15) is 5.75 Å². The lowest BCUT2D eigenvalue weighted by Gasteiger charge is -2.16. The van der Waals surface area contributed by atoms with Crippen molar-refractivity contribution in [3.05, 3.63) is 47.3 Å². The van der Waals surface area contributed by atoms with Crippen LogP contribution in [0.3, 0.4) is 0 Å². The SMILES string of the molecule is COc1cccc(C(=O)NCc2cc3n(n2)CCCN(S(C)(=O)=O)C3)c1. The zero-order chi connectivity index (χ0) is 18.7. The van der Waals surface area contributed by atoms with E-state index in [1.807, 2.05) is 10.7 Å². The van der Waals surface area contributed by atoms with Crippen LogP contribution in [0.2, 0.25) is 0 Å². The number of amides is 1. The van der Waals surface area contributed by atoms with E-state index in [9.17, 15) is 13.2 Å². The zero-order valence-electron chi connectivity index (χ0n) is 14.8. The summed E-state index contributed by atoms with van der Waals surface area (Å²) in [6.45, 7) is 1.72.